The molecule has 0 radical (unpaired) electrons. The standard InChI is InChI=1S/C27H36/c1-9-11-12-15-22(6)25(10-2)19-24(8)27(20(3)4)26-18-17-21(5)14-13-16-23(26)7/h10-12,14-17H,8-9,18-19H2,1-7H3. The average Bonchev–Trinajstić information content (AvgIpc) is 2.61. The second-order valence-electron chi connectivity index (χ2n) is 7.42. The minimum Gasteiger partial charge on any atom is -0.120 e. The smallest absolute Gasteiger partial charge is 0.00263 e. The monoisotopic (exact) mass is 360 g/mol. The second-order valence-corrected chi connectivity index (χ2v) is 7.42. The maximum atomic E-state index is 4.48. The highest BCUT2D eigenvalue weighted by atomic mass is 14.2. The van der Waals surface area contributed by atoms with E-state index in [0.29, 0.717) is 0 Å². The molecule has 1 aliphatic carbocycles. The van der Waals surface area contributed by atoms with Gasteiger partial charge in [-0.1, -0.05) is 49.5 Å². The third kappa shape index (κ3) is 7.08. The highest BCUT2D eigenvalue weighted by Crippen LogP contribution is 2.33. The number of hydrogen-bond acceptors (Lipinski definition) is 0. The molecule has 0 unspecified atom stereocenters. The second kappa shape index (κ2) is 11.4. The van der Waals surface area contributed by atoms with Crippen molar-refractivity contribution >= 4 is 0 Å². The predicted molar refractivity (Wildman–Crippen MR) is 123 cm³/mol. The zero-order chi connectivity index (χ0) is 20.4. The zero-order valence-electron chi connectivity index (χ0n) is 18.4. The van der Waals surface area contributed by atoms with Crippen LogP contribution < -0.4 is 0 Å². The summed E-state index contributed by atoms with van der Waals surface area (Å²) in [6.07, 6.45) is 18.0. The fourth-order valence-electron chi connectivity index (χ4n) is 3.28. The molecule has 1 aliphatic rings. The quantitative estimate of drug-likeness (QED) is 0.315. The van der Waals surface area contributed by atoms with Crippen molar-refractivity contribution in [1.29, 1.82) is 0 Å². The molecule has 0 bridgehead atoms. The summed E-state index contributed by atoms with van der Waals surface area (Å²) in [5.41, 5.74) is 13.6. The van der Waals surface area contributed by atoms with Crippen molar-refractivity contribution in [2.45, 2.75) is 67.7 Å². The Morgan fingerprint density at radius 3 is 2.48 bits per heavy atom. The normalized spacial score (nSPS) is 15.7. The lowest BCUT2D eigenvalue weighted by molar-refractivity contribution is 1.06. The van der Waals surface area contributed by atoms with Crippen LogP contribution in [0.2, 0.25) is 0 Å². The van der Waals surface area contributed by atoms with Crippen LogP contribution >= 0.6 is 0 Å². The van der Waals surface area contributed by atoms with Gasteiger partial charge in [0, 0.05) is 0 Å². The van der Waals surface area contributed by atoms with Gasteiger partial charge in [0.15, 0.2) is 0 Å². The molecule has 0 heterocycles. The van der Waals surface area contributed by atoms with E-state index in [4.69, 9.17) is 0 Å². The van der Waals surface area contributed by atoms with Gasteiger partial charge in [-0.05, 0) is 112 Å². The molecule has 0 aromatic carbocycles. The fourth-order valence-corrected chi connectivity index (χ4v) is 3.28. The van der Waals surface area contributed by atoms with Crippen LogP contribution in [0.5, 0.6) is 0 Å². The molecular formula is C27H36. The number of rotatable bonds is 7. The summed E-state index contributed by atoms with van der Waals surface area (Å²) in [5.74, 6) is 0. The van der Waals surface area contributed by atoms with Crippen LogP contribution in [0.3, 0.4) is 0 Å². The summed E-state index contributed by atoms with van der Waals surface area (Å²) in [6, 6.07) is 0. The van der Waals surface area contributed by atoms with Crippen LogP contribution in [0.15, 0.2) is 99.4 Å². The Kier molecular flexibility index (Phi) is 9.62. The van der Waals surface area contributed by atoms with Gasteiger partial charge in [-0.2, -0.15) is 0 Å². The van der Waals surface area contributed by atoms with Crippen LogP contribution in [0.25, 0.3) is 0 Å². The molecule has 0 heteroatoms. The van der Waals surface area contributed by atoms with E-state index in [2.05, 4.69) is 97.2 Å². The summed E-state index contributed by atoms with van der Waals surface area (Å²) in [4.78, 5) is 0. The first-order valence-electron chi connectivity index (χ1n) is 9.95. The summed E-state index contributed by atoms with van der Waals surface area (Å²) in [7, 11) is 0. The highest BCUT2D eigenvalue weighted by molar-refractivity contribution is 5.55. The maximum absolute atomic E-state index is 4.48. The predicted octanol–water partition coefficient (Wildman–Crippen LogP) is 8.51. The van der Waals surface area contributed by atoms with Crippen LogP contribution in [-0.2, 0) is 0 Å². The summed E-state index contributed by atoms with van der Waals surface area (Å²) in [5, 5.41) is 0. The molecule has 0 nitrogen and oxygen atoms in total. The molecule has 0 spiro atoms. The van der Waals surface area contributed by atoms with Crippen LogP contribution in [-0.4, -0.2) is 0 Å². The van der Waals surface area contributed by atoms with E-state index in [1.807, 2.05) is 6.08 Å². The van der Waals surface area contributed by atoms with Crippen molar-refractivity contribution in [1.82, 2.24) is 0 Å². The van der Waals surface area contributed by atoms with Crippen molar-refractivity contribution in [3.8, 4) is 0 Å². The van der Waals surface area contributed by atoms with Gasteiger partial charge >= 0.3 is 0 Å². The van der Waals surface area contributed by atoms with Crippen molar-refractivity contribution in [3.05, 3.63) is 99.4 Å². The van der Waals surface area contributed by atoms with E-state index in [1.54, 1.807) is 0 Å². The Bertz CT molecular complexity index is 800. The van der Waals surface area contributed by atoms with Crippen molar-refractivity contribution in [2.24, 2.45) is 0 Å². The van der Waals surface area contributed by atoms with Gasteiger partial charge in [-0.25, -0.2) is 0 Å². The van der Waals surface area contributed by atoms with Crippen molar-refractivity contribution < 1.29 is 0 Å². The Labute approximate surface area is 167 Å². The molecule has 144 valence electrons. The third-order valence-electron chi connectivity index (χ3n) is 4.85. The van der Waals surface area contributed by atoms with Gasteiger partial charge in [-0.3, -0.25) is 0 Å². The van der Waals surface area contributed by atoms with Crippen molar-refractivity contribution in [2.75, 3.05) is 0 Å². The van der Waals surface area contributed by atoms with Crippen molar-refractivity contribution in [3.63, 3.8) is 0 Å². The molecule has 0 aliphatic heterocycles. The Hall–Kier alpha value is -2.30. The largest absolute Gasteiger partial charge is 0.120 e. The SMILES string of the molecule is C=C(CC(=CC)C(C)=CC=CCC)C(=C(C)C)C1=C(C)C=C=CC(C)=CC1. The summed E-state index contributed by atoms with van der Waals surface area (Å²) >= 11 is 0. The Morgan fingerprint density at radius 1 is 1.19 bits per heavy atom. The molecule has 0 fully saturated rings. The first kappa shape index (κ1) is 22.7. The summed E-state index contributed by atoms with van der Waals surface area (Å²) < 4.78 is 0. The van der Waals surface area contributed by atoms with Gasteiger partial charge < -0.3 is 0 Å². The molecule has 27 heavy (non-hydrogen) atoms. The molecular weight excluding hydrogens is 324 g/mol. The van der Waals surface area contributed by atoms with E-state index in [9.17, 15) is 0 Å². The van der Waals surface area contributed by atoms with E-state index < -0.39 is 0 Å². The first-order valence-corrected chi connectivity index (χ1v) is 9.95. The van der Waals surface area contributed by atoms with E-state index in [0.717, 1.165) is 19.3 Å². The molecule has 0 saturated carbocycles. The average molecular weight is 361 g/mol. The lowest BCUT2D eigenvalue weighted by Gasteiger charge is -2.20. The lowest BCUT2D eigenvalue weighted by atomic mass is 9.85. The van der Waals surface area contributed by atoms with Crippen LogP contribution in [0.4, 0.5) is 0 Å². The third-order valence-corrected chi connectivity index (χ3v) is 4.85. The highest BCUT2D eigenvalue weighted by Gasteiger charge is 2.15. The Morgan fingerprint density at radius 2 is 1.89 bits per heavy atom. The molecule has 0 atom stereocenters. The van der Waals surface area contributed by atoms with E-state index in [-0.39, 0.29) is 0 Å². The molecule has 0 aromatic heterocycles. The minimum atomic E-state index is 0.873. The maximum Gasteiger partial charge on any atom is -0.00263 e. The zero-order valence-corrected chi connectivity index (χ0v) is 18.4. The fraction of sp³-hybridized carbons (Fsp3) is 0.370. The summed E-state index contributed by atoms with van der Waals surface area (Å²) in [6.45, 7) is 19.6. The molecule has 0 amide bonds. The molecule has 0 N–H and O–H groups in total. The van der Waals surface area contributed by atoms with Crippen LogP contribution in [0.1, 0.15) is 67.7 Å². The first-order chi connectivity index (χ1) is 12.8. The number of allylic oxidation sites excluding steroid dienone is 14. The van der Waals surface area contributed by atoms with Gasteiger partial charge in [0.25, 0.3) is 0 Å². The van der Waals surface area contributed by atoms with E-state index in [1.165, 1.54) is 44.6 Å². The van der Waals surface area contributed by atoms with E-state index >= 15 is 0 Å². The van der Waals surface area contributed by atoms with Crippen LogP contribution in [0, 0.1) is 0 Å². The topological polar surface area (TPSA) is 0 Å². The molecule has 0 saturated heterocycles. The Balaban J connectivity index is 3.23. The van der Waals surface area contributed by atoms with Gasteiger partial charge in [0.05, 0.1) is 0 Å². The van der Waals surface area contributed by atoms with Gasteiger partial charge in [-0.15, -0.1) is 5.73 Å². The molecule has 0 aromatic rings. The lowest BCUT2D eigenvalue weighted by Crippen LogP contribution is -2.01. The van der Waals surface area contributed by atoms with Gasteiger partial charge in [0.2, 0.25) is 0 Å². The van der Waals surface area contributed by atoms with Gasteiger partial charge in [0.1, 0.15) is 0 Å². The number of hydrogen-bond donors (Lipinski definition) is 0. The molecule has 1 rings (SSSR count). The minimum absolute atomic E-state index is 0.873.